The number of carbonyl (C=O) groups is 1. The van der Waals surface area contributed by atoms with Crippen molar-refractivity contribution in [1.29, 1.82) is 0 Å². The highest BCUT2D eigenvalue weighted by Crippen LogP contribution is 2.14. The summed E-state index contributed by atoms with van der Waals surface area (Å²) in [6, 6.07) is 0. The summed E-state index contributed by atoms with van der Waals surface area (Å²) < 4.78 is 0. The Kier molecular flexibility index (Phi) is 7.24. The van der Waals surface area contributed by atoms with Crippen molar-refractivity contribution in [3.63, 3.8) is 0 Å². The Morgan fingerprint density at radius 1 is 1.12 bits per heavy atom. The molecule has 0 aromatic heterocycles. The minimum atomic E-state index is -1.70. The van der Waals surface area contributed by atoms with E-state index in [4.69, 9.17) is 15.3 Å². The molecule has 0 bridgehead atoms. The largest absolute Gasteiger partial charge is 0.479 e. The average molecular weight is 252 g/mol. The summed E-state index contributed by atoms with van der Waals surface area (Å²) in [7, 11) is 0. The van der Waals surface area contributed by atoms with E-state index in [1.807, 2.05) is 0 Å². The molecule has 0 aliphatic rings. The highest BCUT2D eigenvalue weighted by atomic mass is 16.4. The van der Waals surface area contributed by atoms with E-state index in [1.165, 1.54) is 6.92 Å². The van der Waals surface area contributed by atoms with Crippen LogP contribution in [0.3, 0.4) is 0 Å². The van der Waals surface area contributed by atoms with Crippen molar-refractivity contribution in [1.82, 2.24) is 0 Å². The van der Waals surface area contributed by atoms with Gasteiger partial charge in [-0.25, -0.2) is 4.79 Å². The molecular formula is C10H20O7. The van der Waals surface area contributed by atoms with Gasteiger partial charge < -0.3 is 30.6 Å². The molecule has 0 rings (SSSR count). The first-order valence-electron chi connectivity index (χ1n) is 5.35. The maximum absolute atomic E-state index is 10.3. The third kappa shape index (κ3) is 5.94. The lowest BCUT2D eigenvalue weighted by atomic mass is 9.95. The molecule has 0 aliphatic carbocycles. The first kappa shape index (κ1) is 16.3. The molecule has 5 unspecified atom stereocenters. The third-order valence-corrected chi connectivity index (χ3v) is 2.56. The lowest BCUT2D eigenvalue weighted by molar-refractivity contribution is -0.148. The van der Waals surface area contributed by atoms with E-state index in [2.05, 4.69) is 0 Å². The molecule has 7 nitrogen and oxygen atoms in total. The second kappa shape index (κ2) is 7.57. The van der Waals surface area contributed by atoms with Crippen molar-refractivity contribution in [2.45, 2.75) is 44.2 Å². The van der Waals surface area contributed by atoms with E-state index in [-0.39, 0.29) is 13.0 Å². The van der Waals surface area contributed by atoms with Crippen LogP contribution in [0.15, 0.2) is 0 Å². The number of rotatable bonds is 8. The van der Waals surface area contributed by atoms with Crippen LogP contribution in [0.25, 0.3) is 0 Å². The lowest BCUT2D eigenvalue weighted by Crippen LogP contribution is -2.37. The second-order valence-electron chi connectivity index (χ2n) is 4.20. The van der Waals surface area contributed by atoms with Gasteiger partial charge in [0.25, 0.3) is 0 Å². The Labute approximate surface area is 99.0 Å². The molecule has 0 amide bonds. The normalized spacial score (nSPS) is 20.4. The van der Waals surface area contributed by atoms with Crippen LogP contribution in [-0.2, 0) is 4.79 Å². The summed E-state index contributed by atoms with van der Waals surface area (Å²) in [6.07, 6.45) is -6.13. The van der Waals surface area contributed by atoms with Crippen molar-refractivity contribution in [3.05, 3.63) is 0 Å². The summed E-state index contributed by atoms with van der Waals surface area (Å²) in [5.74, 6) is -2.01. The van der Waals surface area contributed by atoms with Crippen LogP contribution < -0.4 is 0 Å². The number of aliphatic hydroxyl groups excluding tert-OH is 5. The Morgan fingerprint density at radius 3 is 2.06 bits per heavy atom. The van der Waals surface area contributed by atoms with Gasteiger partial charge >= 0.3 is 5.97 Å². The van der Waals surface area contributed by atoms with E-state index >= 15 is 0 Å². The van der Waals surface area contributed by atoms with Crippen LogP contribution in [0.5, 0.6) is 0 Å². The van der Waals surface area contributed by atoms with Gasteiger partial charge in [-0.2, -0.15) is 0 Å². The van der Waals surface area contributed by atoms with Gasteiger partial charge in [-0.1, -0.05) is 6.92 Å². The number of hydrogen-bond acceptors (Lipinski definition) is 6. The monoisotopic (exact) mass is 252 g/mol. The van der Waals surface area contributed by atoms with Crippen molar-refractivity contribution < 1.29 is 35.4 Å². The molecule has 0 aromatic rings. The SMILES string of the molecule is CC(CO)C(O)C(O)CC(O)CC(O)C(=O)O. The van der Waals surface area contributed by atoms with Crippen LogP contribution in [0.4, 0.5) is 0 Å². The fraction of sp³-hybridized carbons (Fsp3) is 0.900. The van der Waals surface area contributed by atoms with E-state index in [1.54, 1.807) is 0 Å². The molecule has 0 aliphatic heterocycles. The van der Waals surface area contributed by atoms with E-state index in [0.717, 1.165) is 0 Å². The topological polar surface area (TPSA) is 138 Å². The van der Waals surface area contributed by atoms with Gasteiger partial charge in [0, 0.05) is 25.4 Å². The zero-order valence-electron chi connectivity index (χ0n) is 9.60. The summed E-state index contributed by atoms with van der Waals surface area (Å²) in [5.41, 5.74) is 0. The number of aliphatic carboxylic acids is 1. The number of carboxylic acid groups (broad SMARTS) is 1. The summed E-state index contributed by atoms with van der Waals surface area (Å²) in [6.45, 7) is 1.21. The van der Waals surface area contributed by atoms with Crippen LogP contribution in [0.1, 0.15) is 19.8 Å². The molecule has 17 heavy (non-hydrogen) atoms. The Morgan fingerprint density at radius 2 is 1.65 bits per heavy atom. The summed E-state index contributed by atoms with van der Waals surface area (Å²) >= 11 is 0. The maximum Gasteiger partial charge on any atom is 0.332 e. The lowest BCUT2D eigenvalue weighted by Gasteiger charge is -2.24. The summed E-state index contributed by atoms with van der Waals surface area (Å²) in [5, 5.41) is 54.5. The Balaban J connectivity index is 4.11. The zero-order chi connectivity index (χ0) is 13.6. The third-order valence-electron chi connectivity index (χ3n) is 2.56. The Hall–Kier alpha value is -0.730. The van der Waals surface area contributed by atoms with Gasteiger partial charge in [-0.3, -0.25) is 0 Å². The van der Waals surface area contributed by atoms with Gasteiger partial charge in [0.1, 0.15) is 0 Å². The molecule has 102 valence electrons. The van der Waals surface area contributed by atoms with Gasteiger partial charge in [-0.15, -0.1) is 0 Å². The fourth-order valence-corrected chi connectivity index (χ4v) is 1.36. The van der Waals surface area contributed by atoms with Gasteiger partial charge in [0.05, 0.1) is 18.3 Å². The molecule has 0 radical (unpaired) electrons. The number of aliphatic hydroxyl groups is 5. The van der Waals surface area contributed by atoms with E-state index in [0.29, 0.717) is 0 Å². The minimum absolute atomic E-state index is 0.268. The number of carboxylic acids is 1. The standard InChI is InChI=1S/C10H20O7/c1-5(4-11)9(15)7(13)2-6(12)3-8(14)10(16)17/h5-9,11-15H,2-4H2,1H3,(H,16,17). The van der Waals surface area contributed by atoms with E-state index < -0.39 is 42.7 Å². The highest BCUT2D eigenvalue weighted by Gasteiger charge is 2.26. The van der Waals surface area contributed by atoms with Crippen molar-refractivity contribution >= 4 is 5.97 Å². The first-order chi connectivity index (χ1) is 7.79. The van der Waals surface area contributed by atoms with Crippen LogP contribution in [-0.4, -0.2) is 67.6 Å². The first-order valence-corrected chi connectivity index (χ1v) is 5.35. The van der Waals surface area contributed by atoms with Gasteiger partial charge in [0.2, 0.25) is 0 Å². The predicted molar refractivity (Wildman–Crippen MR) is 57.1 cm³/mol. The zero-order valence-corrected chi connectivity index (χ0v) is 9.60. The number of hydrogen-bond donors (Lipinski definition) is 6. The molecular weight excluding hydrogens is 232 g/mol. The van der Waals surface area contributed by atoms with Gasteiger partial charge in [0.15, 0.2) is 6.10 Å². The molecule has 0 saturated heterocycles. The van der Waals surface area contributed by atoms with E-state index in [9.17, 15) is 20.1 Å². The van der Waals surface area contributed by atoms with Crippen LogP contribution in [0.2, 0.25) is 0 Å². The van der Waals surface area contributed by atoms with Crippen LogP contribution in [0, 0.1) is 5.92 Å². The molecule has 0 fully saturated rings. The molecule has 0 aromatic carbocycles. The molecule has 5 atom stereocenters. The van der Waals surface area contributed by atoms with Crippen molar-refractivity contribution in [2.24, 2.45) is 5.92 Å². The fourth-order valence-electron chi connectivity index (χ4n) is 1.36. The quantitative estimate of drug-likeness (QED) is 0.291. The molecule has 6 N–H and O–H groups in total. The second-order valence-corrected chi connectivity index (χ2v) is 4.20. The highest BCUT2D eigenvalue weighted by molar-refractivity contribution is 5.71. The Bertz CT molecular complexity index is 233. The van der Waals surface area contributed by atoms with Crippen molar-refractivity contribution in [2.75, 3.05) is 6.61 Å². The summed E-state index contributed by atoms with van der Waals surface area (Å²) in [4.78, 5) is 10.3. The molecule has 0 saturated carbocycles. The molecule has 0 spiro atoms. The van der Waals surface area contributed by atoms with Gasteiger partial charge in [-0.05, 0) is 0 Å². The van der Waals surface area contributed by atoms with Crippen molar-refractivity contribution in [3.8, 4) is 0 Å². The maximum atomic E-state index is 10.3. The smallest absolute Gasteiger partial charge is 0.332 e. The average Bonchev–Trinajstić information content (AvgIpc) is 2.26. The predicted octanol–water partition coefficient (Wildman–Crippen LogP) is -2.08. The molecule has 0 heterocycles. The minimum Gasteiger partial charge on any atom is -0.479 e. The molecule has 7 heteroatoms. The van der Waals surface area contributed by atoms with Crippen LogP contribution >= 0.6 is 0 Å².